The lowest BCUT2D eigenvalue weighted by atomic mass is 10.0. The summed E-state index contributed by atoms with van der Waals surface area (Å²) < 4.78 is 0. The minimum atomic E-state index is -1.28. The molecule has 12 heteroatoms. The van der Waals surface area contributed by atoms with E-state index in [1.165, 1.54) is 31.6 Å². The van der Waals surface area contributed by atoms with E-state index in [2.05, 4.69) is 25.9 Å². The van der Waals surface area contributed by atoms with Crippen LogP contribution >= 0.6 is 0 Å². The summed E-state index contributed by atoms with van der Waals surface area (Å²) in [6, 6.07) is 1.71. The van der Waals surface area contributed by atoms with Gasteiger partial charge < -0.3 is 36.9 Å². The van der Waals surface area contributed by atoms with Crippen LogP contribution in [0, 0.1) is 5.92 Å². The van der Waals surface area contributed by atoms with Gasteiger partial charge in [-0.1, -0.05) is 26.0 Å². The van der Waals surface area contributed by atoms with Crippen LogP contribution in [0.25, 0.3) is 0 Å². The van der Waals surface area contributed by atoms with Gasteiger partial charge in [0.25, 0.3) is 0 Å². The van der Waals surface area contributed by atoms with Crippen molar-refractivity contribution in [1.82, 2.24) is 25.9 Å². The van der Waals surface area contributed by atoms with Crippen LogP contribution in [0.15, 0.2) is 36.8 Å². The number of phenolic OH excluding ortho intramolecular Hbond substituents is 1. The minimum absolute atomic E-state index is 0.00922. The Kier molecular flexibility index (Phi) is 9.76. The Morgan fingerprint density at radius 1 is 0.943 bits per heavy atom. The highest BCUT2D eigenvalue weighted by Gasteiger charge is 2.29. The van der Waals surface area contributed by atoms with Gasteiger partial charge in [-0.15, -0.1) is 0 Å². The minimum Gasteiger partial charge on any atom is -0.508 e. The average Bonchev–Trinajstić information content (AvgIpc) is 3.31. The molecule has 0 aliphatic carbocycles. The number of nitrogens with one attached hydrogen (secondary N) is 4. The molecule has 35 heavy (non-hydrogen) atoms. The van der Waals surface area contributed by atoms with Gasteiger partial charge in [-0.3, -0.25) is 14.4 Å². The van der Waals surface area contributed by atoms with Crippen molar-refractivity contribution in [1.29, 1.82) is 0 Å². The predicted molar refractivity (Wildman–Crippen MR) is 126 cm³/mol. The number of rotatable bonds is 12. The third-order valence-electron chi connectivity index (χ3n) is 5.38. The van der Waals surface area contributed by atoms with Gasteiger partial charge in [-0.05, 0) is 30.5 Å². The first kappa shape index (κ1) is 27.3. The van der Waals surface area contributed by atoms with Crippen molar-refractivity contribution in [2.45, 2.75) is 57.8 Å². The van der Waals surface area contributed by atoms with Crippen LogP contribution in [0.4, 0.5) is 0 Å². The molecule has 8 N–H and O–H groups in total. The van der Waals surface area contributed by atoms with Gasteiger partial charge in [0.15, 0.2) is 0 Å². The summed E-state index contributed by atoms with van der Waals surface area (Å²) in [5, 5.41) is 26.6. The number of imidazole rings is 1. The molecule has 0 saturated carbocycles. The molecule has 3 amide bonds. The van der Waals surface area contributed by atoms with E-state index < -0.39 is 47.9 Å². The molecule has 0 bridgehead atoms. The summed E-state index contributed by atoms with van der Waals surface area (Å²) in [5.41, 5.74) is 6.94. The Labute approximate surface area is 202 Å². The van der Waals surface area contributed by atoms with Gasteiger partial charge in [0.05, 0.1) is 12.4 Å². The molecule has 0 aliphatic rings. The number of carboxylic acids is 1. The average molecular weight is 489 g/mol. The molecule has 0 aliphatic heterocycles. The van der Waals surface area contributed by atoms with Crippen molar-refractivity contribution in [3.8, 4) is 5.75 Å². The number of aliphatic carboxylic acids is 1. The Balaban J connectivity index is 2.12. The van der Waals surface area contributed by atoms with Crippen LogP contribution in [-0.2, 0) is 32.0 Å². The second-order valence-corrected chi connectivity index (χ2v) is 8.61. The SMILES string of the molecule is CC(NC(=O)C(N)C(C)C)C(=O)NC(Cc1cnc[nH]1)C(=O)NC(Cc1ccc(O)cc1)C(=O)O. The van der Waals surface area contributed by atoms with Crippen molar-refractivity contribution in [3.63, 3.8) is 0 Å². The number of aromatic amines is 1. The number of carbonyl (C=O) groups excluding carboxylic acids is 3. The number of carboxylic acid groups (broad SMARTS) is 1. The zero-order valence-electron chi connectivity index (χ0n) is 19.8. The van der Waals surface area contributed by atoms with Gasteiger partial charge in [0.1, 0.15) is 23.9 Å². The highest BCUT2D eigenvalue weighted by molar-refractivity contribution is 5.94. The Morgan fingerprint density at radius 3 is 2.11 bits per heavy atom. The number of aromatic hydroxyl groups is 1. The maximum Gasteiger partial charge on any atom is 0.326 e. The number of H-pyrrole nitrogens is 1. The topological polar surface area (TPSA) is 200 Å². The number of nitrogens with zero attached hydrogens (tertiary/aromatic N) is 1. The highest BCUT2D eigenvalue weighted by Crippen LogP contribution is 2.12. The third kappa shape index (κ3) is 8.41. The van der Waals surface area contributed by atoms with Crippen LogP contribution in [-0.4, -0.2) is 68.0 Å². The number of hydrogen-bond acceptors (Lipinski definition) is 7. The third-order valence-corrected chi connectivity index (χ3v) is 5.38. The van der Waals surface area contributed by atoms with E-state index in [1.807, 2.05) is 0 Å². The van der Waals surface area contributed by atoms with Crippen LogP contribution < -0.4 is 21.7 Å². The lowest BCUT2D eigenvalue weighted by Crippen LogP contribution is -2.57. The normalized spacial score (nSPS) is 14.4. The van der Waals surface area contributed by atoms with Gasteiger partial charge in [-0.25, -0.2) is 9.78 Å². The molecule has 2 rings (SSSR count). The number of aromatic nitrogens is 2. The Morgan fingerprint density at radius 2 is 1.57 bits per heavy atom. The zero-order chi connectivity index (χ0) is 26.1. The molecule has 0 fully saturated rings. The quantitative estimate of drug-likeness (QED) is 0.206. The van der Waals surface area contributed by atoms with Crippen molar-refractivity contribution in [3.05, 3.63) is 48.0 Å². The van der Waals surface area contributed by atoms with Crippen molar-refractivity contribution >= 4 is 23.7 Å². The van der Waals surface area contributed by atoms with E-state index in [9.17, 15) is 29.4 Å². The van der Waals surface area contributed by atoms with E-state index >= 15 is 0 Å². The summed E-state index contributed by atoms with van der Waals surface area (Å²) in [6.45, 7) is 5.00. The van der Waals surface area contributed by atoms with Crippen LogP contribution in [0.1, 0.15) is 32.0 Å². The second-order valence-electron chi connectivity index (χ2n) is 8.61. The molecular formula is C23H32N6O6. The molecule has 190 valence electrons. The summed E-state index contributed by atoms with van der Waals surface area (Å²) >= 11 is 0. The number of phenols is 1. The largest absolute Gasteiger partial charge is 0.508 e. The van der Waals surface area contributed by atoms with E-state index in [-0.39, 0.29) is 24.5 Å². The van der Waals surface area contributed by atoms with Gasteiger partial charge in [0.2, 0.25) is 17.7 Å². The van der Waals surface area contributed by atoms with Crippen LogP contribution in [0.3, 0.4) is 0 Å². The number of hydrogen-bond donors (Lipinski definition) is 7. The number of carbonyl (C=O) groups is 4. The van der Waals surface area contributed by atoms with Gasteiger partial charge in [0, 0.05) is 24.7 Å². The second kappa shape index (κ2) is 12.5. The highest BCUT2D eigenvalue weighted by atomic mass is 16.4. The van der Waals surface area contributed by atoms with Crippen LogP contribution in [0.2, 0.25) is 0 Å². The zero-order valence-corrected chi connectivity index (χ0v) is 19.8. The predicted octanol–water partition coefficient (Wildman–Crippen LogP) is -0.557. The summed E-state index contributed by atoms with van der Waals surface area (Å²) in [5.74, 6) is -3.23. The van der Waals surface area contributed by atoms with Crippen molar-refractivity contribution < 1.29 is 29.4 Å². The summed E-state index contributed by atoms with van der Waals surface area (Å²) in [4.78, 5) is 56.5. The number of nitrogens with two attached hydrogens (primary N) is 1. The molecule has 1 aromatic carbocycles. The van der Waals surface area contributed by atoms with Crippen LogP contribution in [0.5, 0.6) is 5.75 Å². The molecule has 4 atom stereocenters. The molecule has 0 spiro atoms. The maximum absolute atomic E-state index is 13.0. The fourth-order valence-electron chi connectivity index (χ4n) is 3.14. The molecule has 4 unspecified atom stereocenters. The fraction of sp³-hybridized carbons (Fsp3) is 0.435. The van der Waals surface area contributed by atoms with E-state index in [4.69, 9.17) is 5.73 Å². The molecule has 2 aromatic rings. The first-order valence-electron chi connectivity index (χ1n) is 11.1. The standard InChI is InChI=1S/C23H32N6O6/c1-12(2)19(24)22(33)27-13(3)20(31)28-17(9-15-10-25-11-26-15)21(32)29-18(23(34)35)8-14-4-6-16(30)7-5-14/h4-7,10-13,17-19,30H,8-9,24H2,1-3H3,(H,25,26)(H,27,33)(H,28,31)(H,29,32)(H,34,35). The van der Waals surface area contributed by atoms with Crippen molar-refractivity contribution in [2.24, 2.45) is 11.7 Å². The lowest BCUT2D eigenvalue weighted by molar-refractivity contribution is -0.142. The molecule has 1 heterocycles. The monoisotopic (exact) mass is 488 g/mol. The first-order chi connectivity index (χ1) is 16.5. The molecular weight excluding hydrogens is 456 g/mol. The number of amides is 3. The maximum atomic E-state index is 13.0. The number of benzene rings is 1. The van der Waals surface area contributed by atoms with Crippen molar-refractivity contribution in [2.75, 3.05) is 0 Å². The lowest BCUT2D eigenvalue weighted by Gasteiger charge is -2.24. The Hall–Kier alpha value is -3.93. The molecule has 12 nitrogen and oxygen atoms in total. The smallest absolute Gasteiger partial charge is 0.326 e. The van der Waals surface area contributed by atoms with E-state index in [1.54, 1.807) is 26.0 Å². The Bertz CT molecular complexity index is 1010. The van der Waals surface area contributed by atoms with Gasteiger partial charge in [-0.2, -0.15) is 0 Å². The summed E-state index contributed by atoms with van der Waals surface area (Å²) in [6.07, 6.45) is 2.86. The first-order valence-corrected chi connectivity index (χ1v) is 11.1. The fourth-order valence-corrected chi connectivity index (χ4v) is 3.14. The van der Waals surface area contributed by atoms with E-state index in [0.29, 0.717) is 11.3 Å². The molecule has 0 radical (unpaired) electrons. The molecule has 0 saturated heterocycles. The van der Waals surface area contributed by atoms with Gasteiger partial charge >= 0.3 is 5.97 Å². The van der Waals surface area contributed by atoms with E-state index in [0.717, 1.165) is 0 Å². The summed E-state index contributed by atoms with van der Waals surface area (Å²) in [7, 11) is 0. The molecule has 1 aromatic heterocycles.